The number of carbonyl (C=O) groups excluding carboxylic acids is 1. The van der Waals surface area contributed by atoms with Crippen molar-refractivity contribution in [1.82, 2.24) is 19.2 Å². The molecule has 0 saturated heterocycles. The van der Waals surface area contributed by atoms with E-state index < -0.39 is 11.5 Å². The first kappa shape index (κ1) is 18.4. The largest absolute Gasteiger partial charge is 0.378 e. The van der Waals surface area contributed by atoms with Crippen molar-refractivity contribution >= 4 is 23.1 Å². The molecule has 0 fully saturated rings. The highest BCUT2D eigenvalue weighted by atomic mass is 16.2. The van der Waals surface area contributed by atoms with Crippen LogP contribution in [-0.2, 0) is 6.54 Å². The maximum atomic E-state index is 12.7. The molecule has 4 rings (SSSR count). The van der Waals surface area contributed by atoms with Crippen molar-refractivity contribution in [1.29, 1.82) is 0 Å². The summed E-state index contributed by atoms with van der Waals surface area (Å²) in [7, 11) is 3.97. The minimum absolute atomic E-state index is 0.0308. The van der Waals surface area contributed by atoms with Gasteiger partial charge >= 0.3 is 0 Å². The fraction of sp³-hybridized carbons (Fsp3) is 0.143. The number of rotatable bonds is 5. The second kappa shape index (κ2) is 7.59. The van der Waals surface area contributed by atoms with Crippen LogP contribution in [0.15, 0.2) is 71.9 Å². The summed E-state index contributed by atoms with van der Waals surface area (Å²) in [5.41, 5.74) is 2.18. The lowest BCUT2D eigenvalue weighted by molar-refractivity contribution is 0.102. The molecule has 1 N–H and O–H groups in total. The standard InChI is InChI=1S/C21H20N6O2/c1-25(2)16-8-6-15(7-9-16)14-27-19(10-11-23-27)24-20(28)17-13-22-18-5-3-4-12-26(18)21(17)29/h3-13H,14H2,1-2H3,(H,24,28). The Morgan fingerprint density at radius 3 is 2.66 bits per heavy atom. The SMILES string of the molecule is CN(C)c1ccc(Cn2nccc2NC(=O)c2cnc3ccccn3c2=O)cc1. The fourth-order valence-corrected chi connectivity index (χ4v) is 3.00. The van der Waals surface area contributed by atoms with Gasteiger partial charge in [-0.2, -0.15) is 5.10 Å². The minimum Gasteiger partial charge on any atom is -0.378 e. The Hall–Kier alpha value is -3.94. The van der Waals surface area contributed by atoms with Crippen LogP contribution >= 0.6 is 0 Å². The van der Waals surface area contributed by atoms with Gasteiger partial charge in [-0.15, -0.1) is 0 Å². The van der Waals surface area contributed by atoms with Crippen molar-refractivity contribution in [2.45, 2.75) is 6.54 Å². The number of nitrogens with one attached hydrogen (secondary N) is 1. The Labute approximate surface area is 167 Å². The van der Waals surface area contributed by atoms with E-state index in [1.165, 1.54) is 10.6 Å². The molecule has 0 radical (unpaired) electrons. The van der Waals surface area contributed by atoms with Crippen molar-refractivity contribution < 1.29 is 4.79 Å². The Morgan fingerprint density at radius 2 is 1.90 bits per heavy atom. The normalized spacial score (nSPS) is 10.8. The number of hydrogen-bond acceptors (Lipinski definition) is 5. The van der Waals surface area contributed by atoms with Gasteiger partial charge in [0, 0.05) is 38.2 Å². The van der Waals surface area contributed by atoms with Crippen LogP contribution < -0.4 is 15.8 Å². The highest BCUT2D eigenvalue weighted by Gasteiger charge is 2.15. The van der Waals surface area contributed by atoms with E-state index in [2.05, 4.69) is 15.4 Å². The van der Waals surface area contributed by atoms with Crippen LogP contribution in [0.4, 0.5) is 11.5 Å². The quantitative estimate of drug-likeness (QED) is 0.567. The van der Waals surface area contributed by atoms with E-state index in [1.807, 2.05) is 43.3 Å². The molecular weight excluding hydrogens is 368 g/mol. The molecule has 3 heterocycles. The van der Waals surface area contributed by atoms with Gasteiger partial charge in [0.05, 0.1) is 12.7 Å². The number of fused-ring (bicyclic) bond motifs is 1. The summed E-state index contributed by atoms with van der Waals surface area (Å²) in [5.74, 6) is -0.0188. The van der Waals surface area contributed by atoms with Crippen LogP contribution in [-0.4, -0.2) is 39.2 Å². The molecule has 8 heteroatoms. The second-order valence-electron chi connectivity index (χ2n) is 6.79. The molecule has 1 aromatic carbocycles. The molecule has 4 aromatic rings. The Kier molecular flexibility index (Phi) is 4.82. The lowest BCUT2D eigenvalue weighted by atomic mass is 10.2. The molecule has 0 unspecified atom stereocenters. The molecule has 0 saturated carbocycles. The Morgan fingerprint density at radius 1 is 1.10 bits per heavy atom. The van der Waals surface area contributed by atoms with Gasteiger partial charge in [0.15, 0.2) is 0 Å². The van der Waals surface area contributed by atoms with Crippen molar-refractivity contribution in [2.24, 2.45) is 0 Å². The van der Waals surface area contributed by atoms with Crippen LogP contribution in [0.2, 0.25) is 0 Å². The minimum atomic E-state index is -0.523. The highest BCUT2D eigenvalue weighted by Crippen LogP contribution is 2.15. The topological polar surface area (TPSA) is 84.5 Å². The van der Waals surface area contributed by atoms with Gasteiger partial charge in [-0.25, -0.2) is 9.67 Å². The number of hydrogen-bond donors (Lipinski definition) is 1. The average Bonchev–Trinajstić information content (AvgIpc) is 3.15. The van der Waals surface area contributed by atoms with E-state index in [0.29, 0.717) is 18.0 Å². The average molecular weight is 388 g/mol. The van der Waals surface area contributed by atoms with E-state index in [-0.39, 0.29) is 5.56 Å². The molecule has 3 aromatic heterocycles. The number of anilines is 2. The summed E-state index contributed by atoms with van der Waals surface area (Å²) in [5, 5.41) is 7.04. The summed E-state index contributed by atoms with van der Waals surface area (Å²) in [4.78, 5) is 31.5. The first-order valence-corrected chi connectivity index (χ1v) is 9.09. The maximum absolute atomic E-state index is 12.7. The van der Waals surface area contributed by atoms with Crippen LogP contribution in [0.25, 0.3) is 5.65 Å². The van der Waals surface area contributed by atoms with Crippen LogP contribution in [0.5, 0.6) is 0 Å². The van der Waals surface area contributed by atoms with Gasteiger partial charge in [-0.05, 0) is 29.8 Å². The zero-order valence-electron chi connectivity index (χ0n) is 16.1. The summed E-state index contributed by atoms with van der Waals surface area (Å²) in [6.45, 7) is 0.491. The number of carbonyl (C=O) groups is 1. The van der Waals surface area contributed by atoms with E-state index in [1.54, 1.807) is 41.3 Å². The third-order valence-electron chi connectivity index (χ3n) is 4.60. The summed E-state index contributed by atoms with van der Waals surface area (Å²) < 4.78 is 3.02. The zero-order chi connectivity index (χ0) is 20.4. The summed E-state index contributed by atoms with van der Waals surface area (Å²) >= 11 is 0. The summed E-state index contributed by atoms with van der Waals surface area (Å²) in [6, 6.07) is 15.0. The Balaban J connectivity index is 1.55. The number of benzene rings is 1. The Bertz CT molecular complexity index is 1220. The predicted octanol–water partition coefficient (Wildman–Crippen LogP) is 2.26. The predicted molar refractivity (Wildman–Crippen MR) is 112 cm³/mol. The van der Waals surface area contributed by atoms with Crippen molar-refractivity contribution in [2.75, 3.05) is 24.3 Å². The zero-order valence-corrected chi connectivity index (χ0v) is 16.1. The van der Waals surface area contributed by atoms with Crippen molar-refractivity contribution in [3.8, 4) is 0 Å². The van der Waals surface area contributed by atoms with E-state index in [0.717, 1.165) is 11.3 Å². The molecule has 29 heavy (non-hydrogen) atoms. The lowest BCUT2D eigenvalue weighted by Crippen LogP contribution is -2.27. The molecule has 0 atom stereocenters. The van der Waals surface area contributed by atoms with Gasteiger partial charge in [0.1, 0.15) is 17.0 Å². The summed E-state index contributed by atoms with van der Waals surface area (Å²) in [6.07, 6.45) is 4.49. The fourth-order valence-electron chi connectivity index (χ4n) is 3.00. The van der Waals surface area contributed by atoms with E-state index in [9.17, 15) is 9.59 Å². The molecule has 0 bridgehead atoms. The van der Waals surface area contributed by atoms with Gasteiger partial charge in [0.2, 0.25) is 0 Å². The van der Waals surface area contributed by atoms with E-state index in [4.69, 9.17) is 0 Å². The number of nitrogens with zero attached hydrogens (tertiary/aromatic N) is 5. The monoisotopic (exact) mass is 388 g/mol. The highest BCUT2D eigenvalue weighted by molar-refractivity contribution is 6.03. The number of aromatic nitrogens is 4. The third kappa shape index (κ3) is 3.73. The first-order valence-electron chi connectivity index (χ1n) is 9.09. The van der Waals surface area contributed by atoms with Crippen LogP contribution in [0.1, 0.15) is 15.9 Å². The molecule has 0 spiro atoms. The molecule has 1 amide bonds. The van der Waals surface area contributed by atoms with Gasteiger partial charge in [0.25, 0.3) is 11.5 Å². The van der Waals surface area contributed by atoms with Crippen LogP contribution in [0, 0.1) is 0 Å². The third-order valence-corrected chi connectivity index (χ3v) is 4.60. The lowest BCUT2D eigenvalue weighted by Gasteiger charge is -2.13. The van der Waals surface area contributed by atoms with Gasteiger partial charge in [-0.3, -0.25) is 14.0 Å². The number of pyridine rings is 1. The van der Waals surface area contributed by atoms with Gasteiger partial charge < -0.3 is 10.2 Å². The maximum Gasteiger partial charge on any atom is 0.270 e. The molecular formula is C21H20N6O2. The smallest absolute Gasteiger partial charge is 0.270 e. The van der Waals surface area contributed by atoms with Crippen molar-refractivity contribution in [3.63, 3.8) is 0 Å². The first-order chi connectivity index (χ1) is 14.0. The molecule has 0 aliphatic carbocycles. The van der Waals surface area contributed by atoms with Gasteiger partial charge in [-0.1, -0.05) is 18.2 Å². The second-order valence-corrected chi connectivity index (χ2v) is 6.79. The van der Waals surface area contributed by atoms with E-state index >= 15 is 0 Å². The molecule has 146 valence electrons. The molecule has 0 aliphatic rings. The van der Waals surface area contributed by atoms with Crippen LogP contribution in [0.3, 0.4) is 0 Å². The molecule has 8 nitrogen and oxygen atoms in total. The molecule has 0 aliphatic heterocycles. The number of amides is 1. The van der Waals surface area contributed by atoms with Crippen molar-refractivity contribution in [3.05, 3.63) is 88.6 Å².